The molecular weight excluding hydrogens is 474 g/mol. The van der Waals surface area contributed by atoms with Gasteiger partial charge in [-0.25, -0.2) is 0 Å². The Labute approximate surface area is 217 Å². The van der Waals surface area contributed by atoms with Gasteiger partial charge in [-0.05, 0) is 38.5 Å². The number of thioether (sulfide) groups is 1. The van der Waals surface area contributed by atoms with Gasteiger partial charge in [0.15, 0.2) is 5.69 Å². The van der Waals surface area contributed by atoms with Gasteiger partial charge in [-0.15, -0.1) is 10.2 Å². The lowest BCUT2D eigenvalue weighted by molar-refractivity contribution is -0.118. The number of rotatable bonds is 9. The van der Waals surface area contributed by atoms with E-state index in [1.165, 1.54) is 6.92 Å². The molecule has 8 nitrogen and oxygen atoms in total. The van der Waals surface area contributed by atoms with Crippen LogP contribution >= 0.6 is 11.8 Å². The van der Waals surface area contributed by atoms with Crippen LogP contribution in [0.25, 0.3) is 11.3 Å². The first-order valence-electron chi connectivity index (χ1n) is 12.4. The summed E-state index contributed by atoms with van der Waals surface area (Å²) in [5.74, 6) is 1.72. The van der Waals surface area contributed by atoms with Crippen LogP contribution in [0.15, 0.2) is 47.6 Å². The number of fused-ring (bicyclic) bond motifs is 3. The Morgan fingerprint density at radius 1 is 1.14 bits per heavy atom. The molecule has 2 aromatic carbocycles. The second kappa shape index (κ2) is 11.6. The molecule has 0 aliphatic carbocycles. The standard InChI is InChI=1S/C27H33N5O3S/c1-6-9-16-36-27-28-25-24(29-30-27)20-12-10-11-13-22(20)32(18(4)33)26(35-25)21-15-14-19(17-23(21)34-5)31(7-2)8-3/h10-15,17,26H,6-9,16H2,1-5H3/t26-/m1/s1. The fourth-order valence-electron chi connectivity index (χ4n) is 4.31. The van der Waals surface area contributed by atoms with E-state index in [1.807, 2.05) is 42.5 Å². The van der Waals surface area contributed by atoms with Gasteiger partial charge in [0, 0.05) is 43.1 Å². The zero-order valence-electron chi connectivity index (χ0n) is 21.5. The van der Waals surface area contributed by atoms with Crippen LogP contribution in [0.1, 0.15) is 52.3 Å². The van der Waals surface area contributed by atoms with Crippen molar-refractivity contribution in [2.45, 2.75) is 51.9 Å². The van der Waals surface area contributed by atoms with Gasteiger partial charge in [0.25, 0.3) is 0 Å². The maximum atomic E-state index is 13.1. The van der Waals surface area contributed by atoms with Crippen molar-refractivity contribution >= 4 is 29.0 Å². The normalized spacial score (nSPS) is 14.4. The van der Waals surface area contributed by atoms with Crippen LogP contribution in [-0.4, -0.2) is 47.0 Å². The predicted molar refractivity (Wildman–Crippen MR) is 144 cm³/mol. The van der Waals surface area contributed by atoms with Crippen molar-refractivity contribution in [2.75, 3.05) is 35.8 Å². The van der Waals surface area contributed by atoms with E-state index in [-0.39, 0.29) is 5.91 Å². The van der Waals surface area contributed by atoms with Gasteiger partial charge in [0.05, 0.1) is 18.4 Å². The summed E-state index contributed by atoms with van der Waals surface area (Å²) in [6, 6.07) is 13.6. The molecule has 0 saturated heterocycles. The number of benzene rings is 2. The minimum absolute atomic E-state index is 0.166. The lowest BCUT2D eigenvalue weighted by atomic mass is 10.1. The monoisotopic (exact) mass is 507 g/mol. The highest BCUT2D eigenvalue weighted by atomic mass is 32.2. The van der Waals surface area contributed by atoms with Crippen LogP contribution < -0.4 is 19.3 Å². The number of hydrogen-bond donors (Lipinski definition) is 0. The van der Waals surface area contributed by atoms with Crippen molar-refractivity contribution in [1.29, 1.82) is 0 Å². The first-order valence-corrected chi connectivity index (χ1v) is 13.4. The minimum Gasteiger partial charge on any atom is -0.496 e. The quantitative estimate of drug-likeness (QED) is 0.268. The van der Waals surface area contributed by atoms with Gasteiger partial charge in [-0.3, -0.25) is 9.69 Å². The Morgan fingerprint density at radius 3 is 2.61 bits per heavy atom. The third-order valence-electron chi connectivity index (χ3n) is 6.19. The van der Waals surface area contributed by atoms with Crippen LogP contribution in [0.4, 0.5) is 11.4 Å². The van der Waals surface area contributed by atoms with Crippen LogP contribution in [0.2, 0.25) is 0 Å². The first kappa shape index (κ1) is 25.8. The maximum absolute atomic E-state index is 13.1. The number of hydrogen-bond acceptors (Lipinski definition) is 8. The number of amides is 1. The summed E-state index contributed by atoms with van der Waals surface area (Å²) >= 11 is 1.55. The number of nitrogens with zero attached hydrogens (tertiary/aromatic N) is 5. The molecular formula is C27H33N5O3S. The van der Waals surface area contributed by atoms with Crippen LogP contribution in [0.3, 0.4) is 0 Å². The zero-order chi connectivity index (χ0) is 25.7. The van der Waals surface area contributed by atoms with Gasteiger partial charge >= 0.3 is 0 Å². The average molecular weight is 508 g/mol. The molecule has 0 fully saturated rings. The summed E-state index contributed by atoms with van der Waals surface area (Å²) in [4.78, 5) is 21.7. The van der Waals surface area contributed by atoms with E-state index >= 15 is 0 Å². The lowest BCUT2D eigenvalue weighted by Crippen LogP contribution is -2.36. The Bertz CT molecular complexity index is 1220. The molecule has 1 atom stereocenters. The highest BCUT2D eigenvalue weighted by Gasteiger charge is 2.36. The molecule has 1 aromatic heterocycles. The van der Waals surface area contributed by atoms with Crippen LogP contribution in [0.5, 0.6) is 11.6 Å². The number of carbonyl (C=O) groups excluding carboxylic acids is 1. The van der Waals surface area contributed by atoms with E-state index in [0.29, 0.717) is 28.2 Å². The third-order valence-corrected chi connectivity index (χ3v) is 7.12. The van der Waals surface area contributed by atoms with Crippen molar-refractivity contribution in [1.82, 2.24) is 15.2 Å². The molecule has 0 N–H and O–H groups in total. The van der Waals surface area contributed by atoms with E-state index in [2.05, 4.69) is 35.9 Å². The Hall–Kier alpha value is -3.33. The molecule has 3 aromatic rings. The molecule has 1 aliphatic rings. The molecule has 0 unspecified atom stereocenters. The molecule has 190 valence electrons. The summed E-state index contributed by atoms with van der Waals surface area (Å²) in [7, 11) is 1.63. The van der Waals surface area contributed by atoms with Crippen molar-refractivity contribution < 1.29 is 14.3 Å². The molecule has 0 bridgehead atoms. The molecule has 0 saturated carbocycles. The van der Waals surface area contributed by atoms with E-state index in [1.54, 1.807) is 23.8 Å². The van der Waals surface area contributed by atoms with E-state index in [0.717, 1.165) is 48.5 Å². The van der Waals surface area contributed by atoms with Gasteiger partial charge < -0.3 is 14.4 Å². The summed E-state index contributed by atoms with van der Waals surface area (Å²) in [5, 5.41) is 9.39. The predicted octanol–water partition coefficient (Wildman–Crippen LogP) is 5.73. The molecule has 9 heteroatoms. The van der Waals surface area contributed by atoms with E-state index in [4.69, 9.17) is 14.5 Å². The Morgan fingerprint density at radius 2 is 1.92 bits per heavy atom. The molecule has 0 radical (unpaired) electrons. The molecule has 0 spiro atoms. The number of carbonyl (C=O) groups is 1. The van der Waals surface area contributed by atoms with Crippen LogP contribution in [0, 0.1) is 0 Å². The molecule has 1 aliphatic heterocycles. The third kappa shape index (κ3) is 5.11. The number of unbranched alkanes of at least 4 members (excludes halogenated alkanes) is 1. The molecule has 36 heavy (non-hydrogen) atoms. The van der Waals surface area contributed by atoms with E-state index < -0.39 is 6.23 Å². The lowest BCUT2D eigenvalue weighted by Gasteiger charge is -2.31. The topological polar surface area (TPSA) is 80.7 Å². The second-order valence-electron chi connectivity index (χ2n) is 8.43. The maximum Gasteiger partial charge on any atom is 0.247 e. The highest BCUT2D eigenvalue weighted by molar-refractivity contribution is 7.99. The second-order valence-corrected chi connectivity index (χ2v) is 9.49. The summed E-state index contributed by atoms with van der Waals surface area (Å²) in [6.45, 7) is 9.67. The van der Waals surface area contributed by atoms with Crippen molar-refractivity contribution in [3.8, 4) is 22.9 Å². The van der Waals surface area contributed by atoms with Gasteiger partial charge in [0.1, 0.15) is 5.75 Å². The molecule has 2 heterocycles. The van der Waals surface area contributed by atoms with Gasteiger partial charge in [-0.1, -0.05) is 43.3 Å². The molecule has 4 rings (SSSR count). The SMILES string of the molecule is CCCCSc1nnc2c(n1)O[C@H](c1ccc(N(CC)CC)cc1OC)N(C(C)=O)c1ccccc1-2. The summed E-state index contributed by atoms with van der Waals surface area (Å²) < 4.78 is 12.3. The van der Waals surface area contributed by atoms with Gasteiger partial charge in [-0.2, -0.15) is 4.98 Å². The number of ether oxygens (including phenoxy) is 2. The number of aromatic nitrogens is 3. The smallest absolute Gasteiger partial charge is 0.247 e. The zero-order valence-corrected chi connectivity index (χ0v) is 22.3. The fourth-order valence-corrected chi connectivity index (χ4v) is 5.17. The average Bonchev–Trinajstić information content (AvgIpc) is 3.03. The molecule has 1 amide bonds. The highest BCUT2D eigenvalue weighted by Crippen LogP contribution is 2.45. The fraction of sp³-hybridized carbons (Fsp3) is 0.407. The Balaban J connectivity index is 1.86. The van der Waals surface area contributed by atoms with E-state index in [9.17, 15) is 4.79 Å². The number of para-hydroxylation sites is 1. The van der Waals surface area contributed by atoms with Crippen molar-refractivity contribution in [3.05, 3.63) is 48.0 Å². The van der Waals surface area contributed by atoms with Crippen molar-refractivity contribution in [2.24, 2.45) is 0 Å². The number of methoxy groups -OCH3 is 1. The largest absolute Gasteiger partial charge is 0.496 e. The van der Waals surface area contributed by atoms with Crippen LogP contribution in [-0.2, 0) is 4.79 Å². The Kier molecular flexibility index (Phi) is 8.30. The summed E-state index contributed by atoms with van der Waals surface area (Å²) in [5.41, 5.74) is 3.71. The first-order chi connectivity index (χ1) is 17.5. The van der Waals surface area contributed by atoms with Crippen molar-refractivity contribution in [3.63, 3.8) is 0 Å². The summed E-state index contributed by atoms with van der Waals surface area (Å²) in [6.07, 6.45) is 1.36. The van der Waals surface area contributed by atoms with Gasteiger partial charge in [0.2, 0.25) is 23.2 Å². The number of anilines is 2. The minimum atomic E-state index is -0.796.